The van der Waals surface area contributed by atoms with Crippen LogP contribution in [0.15, 0.2) is 28.1 Å². The molecule has 0 atom stereocenters. The van der Waals surface area contributed by atoms with Crippen molar-refractivity contribution < 1.29 is 14.4 Å². The van der Waals surface area contributed by atoms with Crippen molar-refractivity contribution in [2.45, 2.75) is 18.3 Å². The van der Waals surface area contributed by atoms with Crippen molar-refractivity contribution in [2.24, 2.45) is 0 Å². The third-order valence-electron chi connectivity index (χ3n) is 2.92. The predicted octanol–water partition coefficient (Wildman–Crippen LogP) is 2.52. The van der Waals surface area contributed by atoms with E-state index in [1.807, 2.05) is 17.5 Å². The van der Waals surface area contributed by atoms with Crippen molar-refractivity contribution in [3.05, 3.63) is 29.3 Å². The first-order valence-corrected chi connectivity index (χ1v) is 5.85. The van der Waals surface area contributed by atoms with Crippen LogP contribution in [0.3, 0.4) is 0 Å². The van der Waals surface area contributed by atoms with E-state index >= 15 is 0 Å². The quantitative estimate of drug-likeness (QED) is 0.887. The van der Waals surface area contributed by atoms with Gasteiger partial charge in [-0.2, -0.15) is 0 Å². The number of aliphatic carboxylic acids is 1. The van der Waals surface area contributed by atoms with Crippen molar-refractivity contribution in [3.8, 4) is 10.6 Å². The number of hydrogen-bond acceptors (Lipinski definition) is 4. The van der Waals surface area contributed by atoms with Crippen molar-refractivity contribution in [3.63, 3.8) is 0 Å². The molecule has 1 aliphatic carbocycles. The van der Waals surface area contributed by atoms with E-state index in [0.717, 1.165) is 4.88 Å². The molecule has 0 unspecified atom stereocenters. The molecule has 0 bridgehead atoms. The average molecular weight is 235 g/mol. The first-order chi connectivity index (χ1) is 7.72. The van der Waals surface area contributed by atoms with Crippen LogP contribution in [0.25, 0.3) is 10.6 Å². The zero-order valence-electron chi connectivity index (χ0n) is 8.34. The maximum Gasteiger partial charge on any atom is 0.315 e. The standard InChI is InChI=1S/C11H9NO3S/c13-10(14)11(3-4-11)9-6-7(15-12-9)8-2-1-5-16-8/h1-2,5-6H,3-4H2,(H,13,14). The second-order valence-electron chi connectivity index (χ2n) is 3.94. The molecule has 1 fully saturated rings. The Kier molecular flexibility index (Phi) is 1.91. The summed E-state index contributed by atoms with van der Waals surface area (Å²) in [5.41, 5.74) is -0.234. The summed E-state index contributed by atoms with van der Waals surface area (Å²) in [4.78, 5) is 12.1. The number of carboxylic acids is 1. The summed E-state index contributed by atoms with van der Waals surface area (Å²) in [6, 6.07) is 5.59. The lowest BCUT2D eigenvalue weighted by atomic mass is 10.0. The predicted molar refractivity (Wildman–Crippen MR) is 58.4 cm³/mol. The smallest absolute Gasteiger partial charge is 0.315 e. The molecule has 2 heterocycles. The van der Waals surface area contributed by atoms with Gasteiger partial charge in [0.2, 0.25) is 0 Å². The van der Waals surface area contributed by atoms with E-state index in [1.54, 1.807) is 17.4 Å². The molecule has 2 aromatic rings. The van der Waals surface area contributed by atoms with Gasteiger partial charge in [0.25, 0.3) is 0 Å². The van der Waals surface area contributed by atoms with E-state index in [2.05, 4.69) is 5.16 Å². The topological polar surface area (TPSA) is 63.3 Å². The van der Waals surface area contributed by atoms with Gasteiger partial charge in [-0.1, -0.05) is 11.2 Å². The lowest BCUT2D eigenvalue weighted by Gasteiger charge is -2.02. The molecule has 0 radical (unpaired) electrons. The third-order valence-corrected chi connectivity index (χ3v) is 3.81. The highest BCUT2D eigenvalue weighted by atomic mass is 32.1. The number of aromatic nitrogens is 1. The van der Waals surface area contributed by atoms with Gasteiger partial charge in [0.05, 0.1) is 4.88 Å². The van der Waals surface area contributed by atoms with E-state index < -0.39 is 11.4 Å². The maximum absolute atomic E-state index is 11.1. The summed E-state index contributed by atoms with van der Waals surface area (Å²) in [7, 11) is 0. The number of nitrogens with zero attached hydrogens (tertiary/aromatic N) is 1. The first kappa shape index (κ1) is 9.59. The molecule has 5 heteroatoms. The van der Waals surface area contributed by atoms with Gasteiger partial charge in [0.1, 0.15) is 11.1 Å². The van der Waals surface area contributed by atoms with Crippen molar-refractivity contribution >= 4 is 17.3 Å². The fourth-order valence-electron chi connectivity index (χ4n) is 1.74. The molecule has 1 aliphatic rings. The number of hydrogen-bond donors (Lipinski definition) is 1. The molecular formula is C11H9NO3S. The largest absolute Gasteiger partial charge is 0.481 e. The van der Waals surface area contributed by atoms with Gasteiger partial charge in [0, 0.05) is 6.07 Å². The van der Waals surface area contributed by atoms with Gasteiger partial charge in [-0.05, 0) is 24.3 Å². The minimum absolute atomic E-state index is 0.545. The molecule has 1 N–H and O–H groups in total. The van der Waals surface area contributed by atoms with Crippen LogP contribution in [0.4, 0.5) is 0 Å². The van der Waals surface area contributed by atoms with Gasteiger partial charge in [-0.3, -0.25) is 4.79 Å². The van der Waals surface area contributed by atoms with Crippen LogP contribution in [-0.4, -0.2) is 16.2 Å². The van der Waals surface area contributed by atoms with Crippen molar-refractivity contribution in [2.75, 3.05) is 0 Å². The zero-order valence-corrected chi connectivity index (χ0v) is 9.16. The summed E-state index contributed by atoms with van der Waals surface area (Å²) < 4.78 is 5.18. The molecule has 16 heavy (non-hydrogen) atoms. The normalized spacial score (nSPS) is 17.2. The van der Waals surface area contributed by atoms with E-state index in [1.165, 1.54) is 0 Å². The Labute approximate surface area is 95.5 Å². The molecule has 0 aliphatic heterocycles. The second-order valence-corrected chi connectivity index (χ2v) is 4.89. The van der Waals surface area contributed by atoms with Gasteiger partial charge < -0.3 is 9.63 Å². The van der Waals surface area contributed by atoms with Gasteiger partial charge in [-0.15, -0.1) is 11.3 Å². The fourth-order valence-corrected chi connectivity index (χ4v) is 2.41. The fraction of sp³-hybridized carbons (Fsp3) is 0.273. The van der Waals surface area contributed by atoms with Gasteiger partial charge in [0.15, 0.2) is 5.76 Å². The van der Waals surface area contributed by atoms with Crippen LogP contribution in [0.1, 0.15) is 18.5 Å². The second kappa shape index (κ2) is 3.18. The minimum atomic E-state index is -0.807. The Morgan fingerprint density at radius 2 is 2.38 bits per heavy atom. The lowest BCUT2D eigenvalue weighted by molar-refractivity contribution is -0.140. The molecule has 3 rings (SSSR count). The van der Waals surface area contributed by atoms with E-state index in [9.17, 15) is 4.79 Å². The Hall–Kier alpha value is -1.62. The molecular weight excluding hydrogens is 226 g/mol. The lowest BCUT2D eigenvalue weighted by Crippen LogP contribution is -2.19. The highest BCUT2D eigenvalue weighted by Gasteiger charge is 2.54. The summed E-state index contributed by atoms with van der Waals surface area (Å²) in [6.45, 7) is 0. The number of rotatable bonds is 3. The van der Waals surface area contributed by atoms with Crippen LogP contribution in [0.5, 0.6) is 0 Å². The maximum atomic E-state index is 11.1. The Morgan fingerprint density at radius 1 is 1.56 bits per heavy atom. The number of thiophene rings is 1. The minimum Gasteiger partial charge on any atom is -0.481 e. The van der Waals surface area contributed by atoms with Gasteiger partial charge in [-0.25, -0.2) is 0 Å². The van der Waals surface area contributed by atoms with Crippen LogP contribution in [-0.2, 0) is 10.2 Å². The van der Waals surface area contributed by atoms with Crippen LogP contribution >= 0.6 is 11.3 Å². The Bertz CT molecular complexity index is 525. The monoisotopic (exact) mass is 235 g/mol. The molecule has 82 valence electrons. The number of carboxylic acid groups (broad SMARTS) is 1. The van der Waals surface area contributed by atoms with E-state index in [-0.39, 0.29) is 0 Å². The molecule has 0 spiro atoms. The third kappa shape index (κ3) is 1.28. The summed E-state index contributed by atoms with van der Waals surface area (Å²) >= 11 is 1.55. The molecule has 4 nitrogen and oxygen atoms in total. The molecule has 0 aromatic carbocycles. The van der Waals surface area contributed by atoms with Crippen molar-refractivity contribution in [1.82, 2.24) is 5.16 Å². The van der Waals surface area contributed by atoms with E-state index in [4.69, 9.17) is 9.63 Å². The summed E-state index contributed by atoms with van der Waals surface area (Å²) in [6.07, 6.45) is 1.30. The first-order valence-electron chi connectivity index (χ1n) is 4.97. The summed E-state index contributed by atoms with van der Waals surface area (Å²) in [5.74, 6) is -0.156. The van der Waals surface area contributed by atoms with Crippen molar-refractivity contribution in [1.29, 1.82) is 0 Å². The molecule has 1 saturated carbocycles. The van der Waals surface area contributed by atoms with Crippen LogP contribution in [0, 0.1) is 0 Å². The SMILES string of the molecule is O=C(O)C1(c2cc(-c3cccs3)on2)CC1. The summed E-state index contributed by atoms with van der Waals surface area (Å²) in [5, 5.41) is 14.9. The van der Waals surface area contributed by atoms with Crippen LogP contribution in [0.2, 0.25) is 0 Å². The van der Waals surface area contributed by atoms with Crippen LogP contribution < -0.4 is 0 Å². The molecule has 2 aromatic heterocycles. The Morgan fingerprint density at radius 3 is 2.94 bits per heavy atom. The van der Waals surface area contributed by atoms with Gasteiger partial charge >= 0.3 is 5.97 Å². The molecule has 0 amide bonds. The Balaban J connectivity index is 1.98. The van der Waals surface area contributed by atoms with E-state index in [0.29, 0.717) is 24.3 Å². The number of carbonyl (C=O) groups is 1. The highest BCUT2D eigenvalue weighted by Crippen LogP contribution is 2.48. The molecule has 0 saturated heterocycles. The zero-order chi connectivity index (χ0) is 11.2. The average Bonchev–Trinajstić information content (AvgIpc) is 2.75. The highest BCUT2D eigenvalue weighted by molar-refractivity contribution is 7.13.